The number of rotatable bonds is 7. The summed E-state index contributed by atoms with van der Waals surface area (Å²) >= 11 is 2.85. The number of hydrogen-bond acceptors (Lipinski definition) is 8. The van der Waals surface area contributed by atoms with Gasteiger partial charge in [0.15, 0.2) is 4.34 Å². The van der Waals surface area contributed by atoms with E-state index in [1.807, 2.05) is 30.3 Å². The van der Waals surface area contributed by atoms with Gasteiger partial charge in [-0.1, -0.05) is 41.3 Å². The number of anilines is 2. The second-order valence-corrected chi connectivity index (χ2v) is 9.54. The summed E-state index contributed by atoms with van der Waals surface area (Å²) in [6, 6.07) is 9.24. The fourth-order valence-corrected chi connectivity index (χ4v) is 5.11. The zero-order valence-electron chi connectivity index (χ0n) is 17.2. The van der Waals surface area contributed by atoms with Gasteiger partial charge in [0, 0.05) is 45.0 Å². The van der Waals surface area contributed by atoms with E-state index in [0.29, 0.717) is 31.9 Å². The van der Waals surface area contributed by atoms with Gasteiger partial charge in [0.2, 0.25) is 11.0 Å². The average Bonchev–Trinajstić information content (AvgIpc) is 3.49. The van der Waals surface area contributed by atoms with E-state index in [4.69, 9.17) is 4.74 Å². The number of ether oxygens (including phenoxy) is 1. The minimum atomic E-state index is -0.135. The van der Waals surface area contributed by atoms with Crippen molar-refractivity contribution in [3.05, 3.63) is 30.3 Å². The number of urea groups is 1. The molecule has 2 aliphatic rings. The Labute approximate surface area is 189 Å². The molecule has 0 spiro atoms. The molecule has 1 aromatic carbocycles. The molecule has 1 aromatic heterocycles. The molecule has 2 fully saturated rings. The van der Waals surface area contributed by atoms with E-state index in [0.717, 1.165) is 41.2 Å². The predicted molar refractivity (Wildman–Crippen MR) is 122 cm³/mol. The largest absolute Gasteiger partial charge is 0.376 e. The molecule has 3 amide bonds. The minimum Gasteiger partial charge on any atom is -0.376 e. The van der Waals surface area contributed by atoms with Crippen LogP contribution in [0.1, 0.15) is 12.8 Å². The number of carbonyl (C=O) groups excluding carboxylic acids is 2. The quantitative estimate of drug-likeness (QED) is 0.610. The molecule has 0 bridgehead atoms. The van der Waals surface area contributed by atoms with E-state index in [1.54, 1.807) is 9.80 Å². The van der Waals surface area contributed by atoms with E-state index in [2.05, 4.69) is 20.8 Å². The van der Waals surface area contributed by atoms with Gasteiger partial charge in [-0.2, -0.15) is 0 Å². The summed E-state index contributed by atoms with van der Waals surface area (Å²) < 4.78 is 6.36. The van der Waals surface area contributed by atoms with Crippen molar-refractivity contribution >= 4 is 45.9 Å². The van der Waals surface area contributed by atoms with Gasteiger partial charge in [0.25, 0.3) is 0 Å². The van der Waals surface area contributed by atoms with E-state index >= 15 is 0 Å². The second-order valence-electron chi connectivity index (χ2n) is 7.34. The maximum Gasteiger partial charge on any atom is 0.321 e. The van der Waals surface area contributed by atoms with Crippen LogP contribution >= 0.6 is 23.1 Å². The lowest BCUT2D eigenvalue weighted by Crippen LogP contribution is -2.52. The van der Waals surface area contributed by atoms with Crippen LogP contribution in [0, 0.1) is 0 Å². The molecule has 11 heteroatoms. The first-order valence-electron chi connectivity index (χ1n) is 10.4. The summed E-state index contributed by atoms with van der Waals surface area (Å²) in [6.45, 7) is 3.67. The number of nitrogens with zero attached hydrogens (tertiary/aromatic N) is 4. The summed E-state index contributed by atoms with van der Waals surface area (Å²) in [5.41, 5.74) is 0.768. The standard InChI is InChI=1S/C20H26N6O3S2/c27-17(14-30-20-24-23-18(31-20)21-13-16-7-4-12-29-16)25-8-10-26(11-9-25)19(28)22-15-5-2-1-3-6-15/h1-3,5-6,16H,4,7-14H2,(H,21,23)(H,22,28). The Morgan fingerprint density at radius 3 is 2.65 bits per heavy atom. The summed E-state index contributed by atoms with van der Waals surface area (Å²) in [4.78, 5) is 28.5. The predicted octanol–water partition coefficient (Wildman–Crippen LogP) is 2.60. The van der Waals surface area contributed by atoms with Gasteiger partial charge in [-0.3, -0.25) is 4.79 Å². The van der Waals surface area contributed by atoms with Crippen molar-refractivity contribution in [3.63, 3.8) is 0 Å². The lowest BCUT2D eigenvalue weighted by atomic mass is 10.2. The Morgan fingerprint density at radius 2 is 1.90 bits per heavy atom. The molecular formula is C20H26N6O3S2. The highest BCUT2D eigenvalue weighted by atomic mass is 32.2. The van der Waals surface area contributed by atoms with Crippen molar-refractivity contribution in [1.29, 1.82) is 0 Å². The number of nitrogens with one attached hydrogen (secondary N) is 2. The Balaban J connectivity index is 1.16. The lowest BCUT2D eigenvalue weighted by Gasteiger charge is -2.34. The first-order chi connectivity index (χ1) is 15.2. The van der Waals surface area contributed by atoms with Gasteiger partial charge in [-0.25, -0.2) is 4.79 Å². The summed E-state index contributed by atoms with van der Waals surface area (Å²) in [5.74, 6) is 0.369. The number of thioether (sulfide) groups is 1. The maximum atomic E-state index is 12.6. The van der Waals surface area contributed by atoms with E-state index in [1.165, 1.54) is 23.1 Å². The first kappa shape index (κ1) is 21.8. The number of para-hydroxylation sites is 1. The molecule has 2 saturated heterocycles. The van der Waals surface area contributed by atoms with Gasteiger partial charge < -0.3 is 25.2 Å². The summed E-state index contributed by atoms with van der Waals surface area (Å²) in [6.07, 6.45) is 2.43. The van der Waals surface area contributed by atoms with Crippen LogP contribution in [0.25, 0.3) is 0 Å². The highest BCUT2D eigenvalue weighted by molar-refractivity contribution is 8.01. The Bertz CT molecular complexity index is 867. The molecule has 0 aliphatic carbocycles. The molecule has 0 saturated carbocycles. The Hall–Kier alpha value is -2.37. The van der Waals surface area contributed by atoms with E-state index in [9.17, 15) is 9.59 Å². The van der Waals surface area contributed by atoms with Gasteiger partial charge in [-0.05, 0) is 25.0 Å². The summed E-state index contributed by atoms with van der Waals surface area (Å²) in [5, 5.41) is 15.2. The van der Waals surface area contributed by atoms with Crippen LogP contribution in [0.15, 0.2) is 34.7 Å². The zero-order valence-corrected chi connectivity index (χ0v) is 18.8. The number of benzene rings is 1. The fraction of sp³-hybridized carbons (Fsp3) is 0.500. The van der Waals surface area contributed by atoms with Crippen LogP contribution in [0.2, 0.25) is 0 Å². The fourth-order valence-electron chi connectivity index (χ4n) is 3.44. The highest BCUT2D eigenvalue weighted by Gasteiger charge is 2.24. The third-order valence-corrected chi connectivity index (χ3v) is 7.17. The average molecular weight is 463 g/mol. The van der Waals surface area contributed by atoms with Crippen molar-refractivity contribution in [1.82, 2.24) is 20.0 Å². The Kier molecular flexibility index (Phi) is 7.60. The SMILES string of the molecule is O=C(CSc1nnc(NCC2CCCO2)s1)N1CCN(C(=O)Nc2ccccc2)CC1. The second kappa shape index (κ2) is 10.8. The smallest absolute Gasteiger partial charge is 0.321 e. The third kappa shape index (κ3) is 6.31. The number of piperazine rings is 1. The van der Waals surface area contributed by atoms with Crippen molar-refractivity contribution in [2.75, 3.05) is 55.7 Å². The topological polar surface area (TPSA) is 99.7 Å². The molecule has 9 nitrogen and oxygen atoms in total. The van der Waals surface area contributed by atoms with Crippen LogP contribution in [-0.2, 0) is 9.53 Å². The molecule has 1 atom stereocenters. The van der Waals surface area contributed by atoms with Crippen molar-refractivity contribution < 1.29 is 14.3 Å². The van der Waals surface area contributed by atoms with Crippen LogP contribution in [0.5, 0.6) is 0 Å². The molecule has 166 valence electrons. The molecule has 0 radical (unpaired) electrons. The Morgan fingerprint density at radius 1 is 1.13 bits per heavy atom. The molecule has 31 heavy (non-hydrogen) atoms. The van der Waals surface area contributed by atoms with Crippen LogP contribution in [0.3, 0.4) is 0 Å². The van der Waals surface area contributed by atoms with Crippen molar-refractivity contribution in [2.45, 2.75) is 23.3 Å². The summed E-state index contributed by atoms with van der Waals surface area (Å²) in [7, 11) is 0. The first-order valence-corrected chi connectivity index (χ1v) is 12.2. The van der Waals surface area contributed by atoms with Gasteiger partial charge in [0.1, 0.15) is 0 Å². The molecule has 2 aliphatic heterocycles. The number of amides is 3. The maximum absolute atomic E-state index is 12.6. The number of carbonyl (C=O) groups is 2. The van der Waals surface area contributed by atoms with E-state index in [-0.39, 0.29) is 18.0 Å². The molecule has 2 N–H and O–H groups in total. The number of aromatic nitrogens is 2. The lowest BCUT2D eigenvalue weighted by molar-refractivity contribution is -0.129. The molecule has 3 heterocycles. The van der Waals surface area contributed by atoms with Crippen molar-refractivity contribution in [2.24, 2.45) is 0 Å². The van der Waals surface area contributed by atoms with Crippen molar-refractivity contribution in [3.8, 4) is 0 Å². The molecular weight excluding hydrogens is 436 g/mol. The normalized spacial score (nSPS) is 18.8. The number of hydrogen-bond donors (Lipinski definition) is 2. The van der Waals surface area contributed by atoms with Gasteiger partial charge in [-0.15, -0.1) is 10.2 Å². The van der Waals surface area contributed by atoms with Crippen LogP contribution in [-0.4, -0.2) is 83.1 Å². The monoisotopic (exact) mass is 462 g/mol. The van der Waals surface area contributed by atoms with Gasteiger partial charge >= 0.3 is 6.03 Å². The van der Waals surface area contributed by atoms with Gasteiger partial charge in [0.05, 0.1) is 11.9 Å². The third-order valence-electron chi connectivity index (χ3n) is 5.18. The van der Waals surface area contributed by atoms with Crippen LogP contribution in [0.4, 0.5) is 15.6 Å². The molecule has 2 aromatic rings. The molecule has 1 unspecified atom stereocenters. The minimum absolute atomic E-state index is 0.0529. The molecule has 4 rings (SSSR count). The van der Waals surface area contributed by atoms with E-state index < -0.39 is 0 Å². The van der Waals surface area contributed by atoms with Crippen LogP contribution < -0.4 is 10.6 Å². The highest BCUT2D eigenvalue weighted by Crippen LogP contribution is 2.26. The zero-order chi connectivity index (χ0) is 21.5.